The van der Waals surface area contributed by atoms with E-state index in [2.05, 4.69) is 62.4 Å². The molecular formula is C29H40O3. The number of fused-ring (bicyclic) bond motifs is 1. The van der Waals surface area contributed by atoms with Gasteiger partial charge in [-0.25, -0.2) is 0 Å². The normalized spacial score (nSPS) is 26.0. The lowest BCUT2D eigenvalue weighted by Crippen LogP contribution is -2.42. The Morgan fingerprint density at radius 3 is 2.28 bits per heavy atom. The van der Waals surface area contributed by atoms with Gasteiger partial charge in [-0.05, 0) is 66.7 Å². The minimum atomic E-state index is -0.470. The molecule has 0 N–H and O–H groups in total. The molecule has 2 aromatic rings. The molecule has 3 nitrogen and oxygen atoms in total. The molecule has 2 fully saturated rings. The van der Waals surface area contributed by atoms with Gasteiger partial charge in [-0.15, -0.1) is 0 Å². The lowest BCUT2D eigenvalue weighted by Gasteiger charge is -2.43. The molecule has 4 rings (SSSR count). The highest BCUT2D eigenvalue weighted by Gasteiger charge is 2.39. The Kier molecular flexibility index (Phi) is 8.26. The summed E-state index contributed by atoms with van der Waals surface area (Å²) in [5.41, 5.74) is 2.44. The Morgan fingerprint density at radius 1 is 0.844 bits per heavy atom. The van der Waals surface area contributed by atoms with Crippen LogP contribution in [-0.2, 0) is 9.47 Å². The van der Waals surface area contributed by atoms with Crippen molar-refractivity contribution in [3.05, 3.63) is 65.7 Å². The number of rotatable bonds is 9. The summed E-state index contributed by atoms with van der Waals surface area (Å²) in [6.07, 6.45) is 9.74. The highest BCUT2D eigenvalue weighted by molar-refractivity contribution is 5.29. The van der Waals surface area contributed by atoms with E-state index in [1.54, 1.807) is 7.11 Å². The molecule has 0 amide bonds. The van der Waals surface area contributed by atoms with E-state index in [1.165, 1.54) is 44.1 Å². The topological polar surface area (TPSA) is 27.7 Å². The summed E-state index contributed by atoms with van der Waals surface area (Å²) in [5.74, 6) is 2.87. The fourth-order valence-corrected chi connectivity index (χ4v) is 5.67. The van der Waals surface area contributed by atoms with E-state index in [-0.39, 0.29) is 12.2 Å². The van der Waals surface area contributed by atoms with Crippen LogP contribution in [0.15, 0.2) is 54.6 Å². The number of methoxy groups -OCH3 is 1. The molecule has 0 saturated heterocycles. The lowest BCUT2D eigenvalue weighted by molar-refractivity contribution is -0.206. The SMILES string of the molecule is CCC(C)c1ccc(OC(OC2CCCC3CCCCC32)C(OC)c2ccccc2)cc1. The van der Waals surface area contributed by atoms with Gasteiger partial charge in [-0.2, -0.15) is 0 Å². The maximum Gasteiger partial charge on any atom is 0.230 e. The Balaban J connectivity index is 1.56. The maximum absolute atomic E-state index is 6.82. The highest BCUT2D eigenvalue weighted by Crippen LogP contribution is 2.43. The Labute approximate surface area is 194 Å². The van der Waals surface area contributed by atoms with Crippen molar-refractivity contribution in [3.8, 4) is 5.75 Å². The second-order valence-corrected chi connectivity index (χ2v) is 9.75. The smallest absolute Gasteiger partial charge is 0.230 e. The second kappa shape index (κ2) is 11.3. The summed E-state index contributed by atoms with van der Waals surface area (Å²) in [6, 6.07) is 18.9. The van der Waals surface area contributed by atoms with Gasteiger partial charge < -0.3 is 14.2 Å². The molecule has 6 unspecified atom stereocenters. The Hall–Kier alpha value is -1.84. The summed E-state index contributed by atoms with van der Waals surface area (Å²) in [7, 11) is 1.76. The van der Waals surface area contributed by atoms with Gasteiger partial charge in [0.15, 0.2) is 0 Å². The van der Waals surface area contributed by atoms with Crippen molar-refractivity contribution in [3.63, 3.8) is 0 Å². The van der Waals surface area contributed by atoms with Crippen molar-refractivity contribution in [1.29, 1.82) is 0 Å². The van der Waals surface area contributed by atoms with Crippen LogP contribution in [0.3, 0.4) is 0 Å². The molecule has 0 radical (unpaired) electrons. The van der Waals surface area contributed by atoms with Crippen LogP contribution in [-0.4, -0.2) is 19.5 Å². The van der Waals surface area contributed by atoms with Crippen molar-refractivity contribution in [2.75, 3.05) is 7.11 Å². The monoisotopic (exact) mass is 436 g/mol. The molecule has 2 aromatic carbocycles. The van der Waals surface area contributed by atoms with E-state index in [0.29, 0.717) is 11.8 Å². The summed E-state index contributed by atoms with van der Waals surface area (Å²) in [5, 5.41) is 0. The van der Waals surface area contributed by atoms with Gasteiger partial charge in [-0.1, -0.05) is 82.0 Å². The van der Waals surface area contributed by atoms with Gasteiger partial charge in [0.1, 0.15) is 11.9 Å². The van der Waals surface area contributed by atoms with Crippen molar-refractivity contribution in [2.24, 2.45) is 11.8 Å². The van der Waals surface area contributed by atoms with Gasteiger partial charge in [0.05, 0.1) is 6.10 Å². The standard InChI is InChI=1S/C29H40O3/c1-4-21(2)22-17-19-25(20-18-22)31-29(28(30-3)24-12-6-5-7-13-24)32-27-16-10-14-23-11-8-9-15-26(23)27/h5-7,12-13,17-21,23,26-29H,4,8-11,14-16H2,1-3H3. The molecule has 0 bridgehead atoms. The molecule has 174 valence electrons. The van der Waals surface area contributed by atoms with Crippen LogP contribution >= 0.6 is 0 Å². The van der Waals surface area contributed by atoms with Crippen molar-refractivity contribution in [1.82, 2.24) is 0 Å². The van der Waals surface area contributed by atoms with Gasteiger partial charge in [0, 0.05) is 7.11 Å². The average Bonchev–Trinajstić information content (AvgIpc) is 2.85. The van der Waals surface area contributed by atoms with Crippen LogP contribution in [0.5, 0.6) is 5.75 Å². The third-order valence-electron chi connectivity index (χ3n) is 7.76. The molecule has 0 spiro atoms. The molecule has 32 heavy (non-hydrogen) atoms. The minimum absolute atomic E-state index is 0.250. The molecule has 2 saturated carbocycles. The largest absolute Gasteiger partial charge is 0.462 e. The number of ether oxygens (including phenoxy) is 3. The molecule has 2 aliphatic carbocycles. The van der Waals surface area contributed by atoms with Crippen LogP contribution in [0.2, 0.25) is 0 Å². The highest BCUT2D eigenvalue weighted by atomic mass is 16.7. The zero-order chi connectivity index (χ0) is 22.3. The third kappa shape index (κ3) is 5.55. The molecule has 0 aromatic heterocycles. The van der Waals surface area contributed by atoms with Crippen molar-refractivity contribution in [2.45, 2.75) is 89.6 Å². The maximum atomic E-state index is 6.82. The first kappa shape index (κ1) is 23.3. The minimum Gasteiger partial charge on any atom is -0.462 e. The van der Waals surface area contributed by atoms with Gasteiger partial charge in [-0.3, -0.25) is 0 Å². The fraction of sp³-hybridized carbons (Fsp3) is 0.586. The summed E-state index contributed by atoms with van der Waals surface area (Å²) >= 11 is 0. The fourth-order valence-electron chi connectivity index (χ4n) is 5.67. The lowest BCUT2D eigenvalue weighted by atomic mass is 9.69. The first-order valence-electron chi connectivity index (χ1n) is 12.7. The third-order valence-corrected chi connectivity index (χ3v) is 7.76. The predicted molar refractivity (Wildman–Crippen MR) is 130 cm³/mol. The van der Waals surface area contributed by atoms with E-state index >= 15 is 0 Å². The molecule has 0 heterocycles. The van der Waals surface area contributed by atoms with E-state index in [1.807, 2.05) is 6.07 Å². The molecule has 2 aliphatic rings. The molecule has 0 aliphatic heterocycles. The average molecular weight is 437 g/mol. The van der Waals surface area contributed by atoms with E-state index in [9.17, 15) is 0 Å². The summed E-state index contributed by atoms with van der Waals surface area (Å²) in [4.78, 5) is 0. The van der Waals surface area contributed by atoms with E-state index in [4.69, 9.17) is 14.2 Å². The van der Waals surface area contributed by atoms with Crippen molar-refractivity contribution < 1.29 is 14.2 Å². The number of benzene rings is 2. The zero-order valence-electron chi connectivity index (χ0n) is 20.0. The van der Waals surface area contributed by atoms with Crippen LogP contribution < -0.4 is 4.74 Å². The van der Waals surface area contributed by atoms with Crippen LogP contribution in [0.4, 0.5) is 0 Å². The van der Waals surface area contributed by atoms with Crippen LogP contribution in [0, 0.1) is 11.8 Å². The Bertz CT molecular complexity index is 801. The first-order chi connectivity index (χ1) is 15.7. The van der Waals surface area contributed by atoms with E-state index < -0.39 is 6.29 Å². The quantitative estimate of drug-likeness (QED) is 0.377. The molecule has 3 heteroatoms. The number of hydrogen-bond donors (Lipinski definition) is 0. The second-order valence-electron chi connectivity index (χ2n) is 9.75. The predicted octanol–water partition coefficient (Wildman–Crippen LogP) is 7.67. The van der Waals surface area contributed by atoms with Gasteiger partial charge >= 0.3 is 0 Å². The molecular weight excluding hydrogens is 396 g/mol. The van der Waals surface area contributed by atoms with E-state index in [0.717, 1.165) is 30.1 Å². The molecule has 6 atom stereocenters. The van der Waals surface area contributed by atoms with Crippen molar-refractivity contribution >= 4 is 0 Å². The summed E-state index contributed by atoms with van der Waals surface area (Å²) in [6.45, 7) is 4.49. The van der Waals surface area contributed by atoms with Gasteiger partial charge in [0.25, 0.3) is 0 Å². The zero-order valence-corrected chi connectivity index (χ0v) is 20.0. The van der Waals surface area contributed by atoms with Crippen LogP contribution in [0.1, 0.15) is 88.4 Å². The van der Waals surface area contributed by atoms with Gasteiger partial charge in [0.2, 0.25) is 6.29 Å². The number of hydrogen-bond acceptors (Lipinski definition) is 3. The Morgan fingerprint density at radius 2 is 1.56 bits per heavy atom. The van der Waals surface area contributed by atoms with Crippen LogP contribution in [0.25, 0.3) is 0 Å². The summed E-state index contributed by atoms with van der Waals surface area (Å²) < 4.78 is 19.3. The first-order valence-corrected chi connectivity index (χ1v) is 12.7.